The molecule has 1 aromatic heterocycles. The first-order valence-electron chi connectivity index (χ1n) is 5.10. The van der Waals surface area contributed by atoms with Crippen molar-refractivity contribution in [1.82, 2.24) is 0 Å². The molecule has 86 valence electrons. The van der Waals surface area contributed by atoms with Crippen LogP contribution < -0.4 is 10.5 Å². The van der Waals surface area contributed by atoms with E-state index in [-0.39, 0.29) is 5.92 Å². The molecule has 0 fully saturated rings. The molecule has 15 heavy (non-hydrogen) atoms. The van der Waals surface area contributed by atoms with Crippen LogP contribution in [0.25, 0.3) is 0 Å². The highest BCUT2D eigenvalue weighted by Crippen LogP contribution is 2.33. The third-order valence-corrected chi connectivity index (χ3v) is 3.64. The summed E-state index contributed by atoms with van der Waals surface area (Å²) in [6.45, 7) is 4.65. The second-order valence-corrected chi connectivity index (χ2v) is 4.92. The van der Waals surface area contributed by atoms with Crippen LogP contribution in [0.2, 0.25) is 0 Å². The molecule has 4 heteroatoms. The fourth-order valence-corrected chi connectivity index (χ4v) is 2.49. The van der Waals surface area contributed by atoms with Crippen molar-refractivity contribution in [2.24, 2.45) is 17.6 Å². The van der Waals surface area contributed by atoms with Gasteiger partial charge in [0, 0.05) is 16.2 Å². The molecular formula is C11H19NO2S. The molecule has 0 aliphatic carbocycles. The van der Waals surface area contributed by atoms with E-state index in [1.54, 1.807) is 7.11 Å². The molecule has 0 aliphatic heterocycles. The third kappa shape index (κ3) is 2.93. The van der Waals surface area contributed by atoms with E-state index in [2.05, 4.69) is 13.8 Å². The number of aliphatic hydroxyl groups excluding tert-OH is 1. The molecule has 0 saturated carbocycles. The zero-order valence-electron chi connectivity index (χ0n) is 9.43. The van der Waals surface area contributed by atoms with Gasteiger partial charge in [-0.05, 0) is 18.5 Å². The van der Waals surface area contributed by atoms with E-state index in [0.29, 0.717) is 12.5 Å². The average Bonchev–Trinajstić information content (AvgIpc) is 2.66. The summed E-state index contributed by atoms with van der Waals surface area (Å²) in [7, 11) is 1.63. The van der Waals surface area contributed by atoms with Gasteiger partial charge in [0.25, 0.3) is 0 Å². The summed E-state index contributed by atoms with van der Waals surface area (Å²) in [5.74, 6) is 1.28. The van der Waals surface area contributed by atoms with Crippen LogP contribution >= 0.6 is 11.3 Å². The lowest BCUT2D eigenvalue weighted by Gasteiger charge is -2.23. The maximum atomic E-state index is 10.1. The molecule has 0 saturated heterocycles. The summed E-state index contributed by atoms with van der Waals surface area (Å²) >= 11 is 1.51. The maximum Gasteiger partial charge on any atom is 0.129 e. The van der Waals surface area contributed by atoms with Gasteiger partial charge in [-0.25, -0.2) is 0 Å². The van der Waals surface area contributed by atoms with Crippen LogP contribution in [0.1, 0.15) is 24.8 Å². The average molecular weight is 229 g/mol. The molecule has 0 radical (unpaired) electrons. The summed E-state index contributed by atoms with van der Waals surface area (Å²) < 4.78 is 5.09. The minimum atomic E-state index is -0.483. The Hall–Kier alpha value is -0.580. The Balaban J connectivity index is 2.77. The van der Waals surface area contributed by atoms with Crippen LogP contribution in [0.3, 0.4) is 0 Å². The van der Waals surface area contributed by atoms with Crippen LogP contribution in [0, 0.1) is 11.8 Å². The first-order chi connectivity index (χ1) is 7.10. The summed E-state index contributed by atoms with van der Waals surface area (Å²) in [4.78, 5) is 0.927. The standard InChI is InChI=1S/C11H19NO2S/c1-7(2)9(5-12)11(13)10-4-8(14-3)6-15-10/h4,6-7,9,11,13H,5,12H2,1-3H3. The Kier molecular flexibility index (Phi) is 4.57. The molecule has 1 aromatic rings. The summed E-state index contributed by atoms with van der Waals surface area (Å²) in [6, 6.07) is 1.88. The van der Waals surface area contributed by atoms with Gasteiger partial charge in [-0.15, -0.1) is 11.3 Å². The van der Waals surface area contributed by atoms with Gasteiger partial charge in [0.15, 0.2) is 0 Å². The number of ether oxygens (including phenoxy) is 1. The Labute approximate surface area is 94.9 Å². The van der Waals surface area contributed by atoms with Crippen LogP contribution in [-0.4, -0.2) is 18.8 Å². The van der Waals surface area contributed by atoms with E-state index in [9.17, 15) is 5.11 Å². The van der Waals surface area contributed by atoms with Crippen molar-refractivity contribution in [3.05, 3.63) is 16.3 Å². The second-order valence-electron chi connectivity index (χ2n) is 3.98. The smallest absolute Gasteiger partial charge is 0.129 e. The molecule has 0 aliphatic rings. The van der Waals surface area contributed by atoms with Gasteiger partial charge >= 0.3 is 0 Å². The lowest BCUT2D eigenvalue weighted by Crippen LogP contribution is -2.26. The highest BCUT2D eigenvalue weighted by Gasteiger charge is 2.24. The highest BCUT2D eigenvalue weighted by atomic mass is 32.1. The molecule has 0 amide bonds. The number of nitrogens with two attached hydrogens (primary N) is 1. The van der Waals surface area contributed by atoms with E-state index in [1.165, 1.54) is 11.3 Å². The lowest BCUT2D eigenvalue weighted by atomic mass is 9.89. The monoisotopic (exact) mass is 229 g/mol. The topological polar surface area (TPSA) is 55.5 Å². The number of thiophene rings is 1. The first kappa shape index (κ1) is 12.5. The van der Waals surface area contributed by atoms with Crippen molar-refractivity contribution in [2.75, 3.05) is 13.7 Å². The zero-order valence-corrected chi connectivity index (χ0v) is 10.3. The number of hydrogen-bond acceptors (Lipinski definition) is 4. The minimum absolute atomic E-state index is 0.105. The number of rotatable bonds is 5. The number of methoxy groups -OCH3 is 1. The predicted molar refractivity (Wildman–Crippen MR) is 63.2 cm³/mol. The largest absolute Gasteiger partial charge is 0.496 e. The van der Waals surface area contributed by atoms with Gasteiger partial charge in [-0.3, -0.25) is 0 Å². The van der Waals surface area contributed by atoms with E-state index in [1.807, 2.05) is 11.4 Å². The van der Waals surface area contributed by atoms with Gasteiger partial charge in [-0.1, -0.05) is 13.8 Å². The van der Waals surface area contributed by atoms with Crippen molar-refractivity contribution in [2.45, 2.75) is 20.0 Å². The molecule has 2 atom stereocenters. The Morgan fingerprint density at radius 2 is 2.20 bits per heavy atom. The SMILES string of the molecule is COc1csc(C(O)C(CN)C(C)C)c1. The molecule has 0 bridgehead atoms. The quantitative estimate of drug-likeness (QED) is 0.812. The van der Waals surface area contributed by atoms with Gasteiger partial charge < -0.3 is 15.6 Å². The van der Waals surface area contributed by atoms with Crippen molar-refractivity contribution in [1.29, 1.82) is 0 Å². The summed E-state index contributed by atoms with van der Waals surface area (Å²) in [6.07, 6.45) is -0.483. The maximum absolute atomic E-state index is 10.1. The summed E-state index contributed by atoms with van der Waals surface area (Å²) in [5.41, 5.74) is 5.66. The van der Waals surface area contributed by atoms with Crippen molar-refractivity contribution in [3.63, 3.8) is 0 Å². The lowest BCUT2D eigenvalue weighted by molar-refractivity contribution is 0.0891. The van der Waals surface area contributed by atoms with Crippen molar-refractivity contribution >= 4 is 11.3 Å². The Morgan fingerprint density at radius 3 is 2.60 bits per heavy atom. The van der Waals surface area contributed by atoms with Gasteiger partial charge in [0.2, 0.25) is 0 Å². The normalized spacial score (nSPS) is 15.3. The summed E-state index contributed by atoms with van der Waals surface area (Å²) in [5, 5.41) is 12.0. The molecule has 3 nitrogen and oxygen atoms in total. The molecule has 2 unspecified atom stereocenters. The van der Waals surface area contributed by atoms with E-state index in [4.69, 9.17) is 10.5 Å². The third-order valence-electron chi connectivity index (χ3n) is 2.66. The molecule has 3 N–H and O–H groups in total. The van der Waals surface area contributed by atoms with E-state index in [0.717, 1.165) is 10.6 Å². The van der Waals surface area contributed by atoms with Crippen molar-refractivity contribution in [3.8, 4) is 5.75 Å². The molecular weight excluding hydrogens is 210 g/mol. The predicted octanol–water partition coefficient (Wildman–Crippen LogP) is 2.02. The fraction of sp³-hybridized carbons (Fsp3) is 0.636. The van der Waals surface area contributed by atoms with Crippen LogP contribution in [0.15, 0.2) is 11.4 Å². The van der Waals surface area contributed by atoms with Crippen LogP contribution in [0.4, 0.5) is 0 Å². The number of hydrogen-bond donors (Lipinski definition) is 2. The highest BCUT2D eigenvalue weighted by molar-refractivity contribution is 7.10. The fourth-order valence-electron chi connectivity index (χ4n) is 1.57. The molecule has 0 spiro atoms. The van der Waals surface area contributed by atoms with Gasteiger partial charge in [0.1, 0.15) is 5.75 Å². The second kappa shape index (κ2) is 5.49. The van der Waals surface area contributed by atoms with Crippen molar-refractivity contribution < 1.29 is 9.84 Å². The molecule has 0 aromatic carbocycles. The van der Waals surface area contributed by atoms with E-state index < -0.39 is 6.10 Å². The van der Waals surface area contributed by atoms with Gasteiger partial charge in [0.05, 0.1) is 13.2 Å². The van der Waals surface area contributed by atoms with Crippen LogP contribution in [-0.2, 0) is 0 Å². The minimum Gasteiger partial charge on any atom is -0.496 e. The number of aliphatic hydroxyl groups is 1. The molecule has 1 heterocycles. The van der Waals surface area contributed by atoms with Crippen LogP contribution in [0.5, 0.6) is 5.75 Å². The van der Waals surface area contributed by atoms with E-state index >= 15 is 0 Å². The Bertz CT molecular complexity index is 299. The Morgan fingerprint density at radius 1 is 1.53 bits per heavy atom. The van der Waals surface area contributed by atoms with Gasteiger partial charge in [-0.2, -0.15) is 0 Å². The first-order valence-corrected chi connectivity index (χ1v) is 5.98. The molecule has 1 rings (SSSR count). The zero-order chi connectivity index (χ0) is 11.4.